The molecular weight excluding hydrogens is 291 g/mol. The monoisotopic (exact) mass is 307 g/mol. The lowest BCUT2D eigenvalue weighted by Crippen LogP contribution is -2.24. The lowest BCUT2D eigenvalue weighted by molar-refractivity contribution is -0.137. The highest BCUT2D eigenvalue weighted by molar-refractivity contribution is 6.28. The number of halogens is 4. The van der Waals surface area contributed by atoms with Crippen LogP contribution < -0.4 is 5.32 Å². The predicted octanol–water partition coefficient (Wildman–Crippen LogP) is 4.67. The van der Waals surface area contributed by atoms with Crippen LogP contribution in [0.4, 0.5) is 19.0 Å². The number of hydrogen-bond donors (Lipinski definition) is 1. The summed E-state index contributed by atoms with van der Waals surface area (Å²) < 4.78 is 38.7. The molecule has 1 aromatic heterocycles. The quantitative estimate of drug-likeness (QED) is 0.807. The lowest BCUT2D eigenvalue weighted by Gasteiger charge is -2.23. The normalized spacial score (nSPS) is 18.4. The first-order valence-corrected chi connectivity index (χ1v) is 7.21. The molecule has 1 aliphatic carbocycles. The zero-order valence-corrected chi connectivity index (χ0v) is 11.8. The van der Waals surface area contributed by atoms with E-state index < -0.39 is 11.7 Å². The summed E-state index contributed by atoms with van der Waals surface area (Å²) in [5, 5.41) is 2.73. The standard InChI is InChI=1S/C13H17ClF3N3/c14-12-18-8-10(13(15,16)17)11(20-12)19-9-6-4-2-1-3-5-7-9/h8-9H,1-7H2,(H,18,19,20). The largest absolute Gasteiger partial charge is 0.421 e. The van der Waals surface area contributed by atoms with E-state index in [1.165, 1.54) is 6.42 Å². The van der Waals surface area contributed by atoms with Gasteiger partial charge in [0.15, 0.2) is 0 Å². The summed E-state index contributed by atoms with van der Waals surface area (Å²) in [6.07, 6.45) is 3.51. The Kier molecular flexibility index (Phi) is 5.07. The van der Waals surface area contributed by atoms with Gasteiger partial charge in [-0.2, -0.15) is 13.2 Å². The molecule has 0 unspecified atom stereocenters. The first-order valence-electron chi connectivity index (χ1n) is 6.83. The highest BCUT2D eigenvalue weighted by atomic mass is 35.5. The van der Waals surface area contributed by atoms with Crippen molar-refractivity contribution < 1.29 is 13.2 Å². The fraction of sp³-hybridized carbons (Fsp3) is 0.692. The summed E-state index contributed by atoms with van der Waals surface area (Å²) in [5.74, 6) is -0.205. The first kappa shape index (κ1) is 15.4. The Morgan fingerprint density at radius 3 is 2.30 bits per heavy atom. The Morgan fingerprint density at radius 1 is 1.10 bits per heavy atom. The molecule has 7 heteroatoms. The first-order chi connectivity index (χ1) is 9.47. The van der Waals surface area contributed by atoms with Crippen LogP contribution in [0.15, 0.2) is 6.20 Å². The van der Waals surface area contributed by atoms with Crippen molar-refractivity contribution in [2.75, 3.05) is 5.32 Å². The van der Waals surface area contributed by atoms with Crippen LogP contribution in [0.5, 0.6) is 0 Å². The molecule has 0 aliphatic heterocycles. The minimum atomic E-state index is -4.48. The molecule has 0 bridgehead atoms. The number of hydrogen-bond acceptors (Lipinski definition) is 3. The van der Waals surface area contributed by atoms with E-state index in [2.05, 4.69) is 15.3 Å². The molecule has 0 atom stereocenters. The summed E-state index contributed by atoms with van der Waals surface area (Å²) in [6, 6.07) is 0.0161. The predicted molar refractivity (Wildman–Crippen MR) is 71.8 cm³/mol. The van der Waals surface area contributed by atoms with Crippen LogP contribution in [-0.2, 0) is 6.18 Å². The Hall–Kier alpha value is -1.04. The van der Waals surface area contributed by atoms with E-state index in [1.807, 2.05) is 0 Å². The Balaban J connectivity index is 2.16. The molecule has 3 nitrogen and oxygen atoms in total. The van der Waals surface area contributed by atoms with Gasteiger partial charge in [0.2, 0.25) is 5.28 Å². The SMILES string of the molecule is FC(F)(F)c1cnc(Cl)nc1NC1CCCCCCC1. The fourth-order valence-corrected chi connectivity index (χ4v) is 2.60. The average molecular weight is 308 g/mol. The fourth-order valence-electron chi connectivity index (χ4n) is 2.47. The molecule has 2 rings (SSSR count). The molecular formula is C13H17ClF3N3. The second kappa shape index (κ2) is 6.61. The van der Waals surface area contributed by atoms with Crippen LogP contribution in [0.25, 0.3) is 0 Å². The van der Waals surface area contributed by atoms with Gasteiger partial charge in [0.1, 0.15) is 11.4 Å². The van der Waals surface area contributed by atoms with Gasteiger partial charge in [0.05, 0.1) is 0 Å². The molecule has 0 saturated heterocycles. The number of aromatic nitrogens is 2. The number of rotatable bonds is 2. The zero-order chi connectivity index (χ0) is 14.6. The molecule has 0 spiro atoms. The molecule has 112 valence electrons. The molecule has 0 radical (unpaired) electrons. The molecule has 1 saturated carbocycles. The summed E-state index contributed by atoms with van der Waals surface area (Å²) >= 11 is 5.61. The maximum atomic E-state index is 12.9. The Labute approximate surface area is 120 Å². The Morgan fingerprint density at radius 2 is 1.70 bits per heavy atom. The molecule has 1 fully saturated rings. The maximum Gasteiger partial charge on any atom is 0.421 e. The molecule has 0 amide bonds. The van der Waals surface area contributed by atoms with Crippen molar-refractivity contribution in [3.8, 4) is 0 Å². The minimum Gasteiger partial charge on any atom is -0.367 e. The van der Waals surface area contributed by atoms with Gasteiger partial charge in [-0.25, -0.2) is 9.97 Å². The maximum absolute atomic E-state index is 12.9. The number of nitrogens with one attached hydrogen (secondary N) is 1. The van der Waals surface area contributed by atoms with Crippen molar-refractivity contribution >= 4 is 17.4 Å². The smallest absolute Gasteiger partial charge is 0.367 e. The summed E-state index contributed by atoms with van der Waals surface area (Å²) in [7, 11) is 0. The van der Waals surface area contributed by atoms with Gasteiger partial charge in [0.25, 0.3) is 0 Å². The summed E-state index contributed by atoms with van der Waals surface area (Å²) in [6.45, 7) is 0. The van der Waals surface area contributed by atoms with Crippen LogP contribution in [-0.4, -0.2) is 16.0 Å². The summed E-state index contributed by atoms with van der Waals surface area (Å²) in [5.41, 5.74) is -0.857. The minimum absolute atomic E-state index is 0.0161. The second-order valence-corrected chi connectivity index (χ2v) is 5.42. The third kappa shape index (κ3) is 4.23. The van der Waals surface area contributed by atoms with Gasteiger partial charge in [-0.15, -0.1) is 0 Å². The van der Waals surface area contributed by atoms with Gasteiger partial charge in [-0.3, -0.25) is 0 Å². The number of alkyl halides is 3. The molecule has 20 heavy (non-hydrogen) atoms. The van der Waals surface area contributed by atoms with Crippen LogP contribution >= 0.6 is 11.6 Å². The van der Waals surface area contributed by atoms with E-state index in [4.69, 9.17) is 11.6 Å². The zero-order valence-electron chi connectivity index (χ0n) is 11.0. The van der Waals surface area contributed by atoms with Crippen molar-refractivity contribution in [1.29, 1.82) is 0 Å². The van der Waals surface area contributed by atoms with E-state index in [0.717, 1.165) is 44.7 Å². The van der Waals surface area contributed by atoms with Crippen molar-refractivity contribution in [1.82, 2.24) is 9.97 Å². The van der Waals surface area contributed by atoms with Crippen molar-refractivity contribution in [2.45, 2.75) is 57.2 Å². The lowest BCUT2D eigenvalue weighted by atomic mass is 9.96. The van der Waals surface area contributed by atoms with Gasteiger partial charge in [-0.05, 0) is 24.4 Å². The van der Waals surface area contributed by atoms with E-state index >= 15 is 0 Å². The van der Waals surface area contributed by atoms with Crippen LogP contribution in [0.2, 0.25) is 5.28 Å². The van der Waals surface area contributed by atoms with Gasteiger partial charge in [-0.1, -0.05) is 32.1 Å². The Bertz CT molecular complexity index is 443. The van der Waals surface area contributed by atoms with Crippen molar-refractivity contribution in [3.63, 3.8) is 0 Å². The summed E-state index contributed by atoms with van der Waals surface area (Å²) in [4.78, 5) is 7.14. The van der Waals surface area contributed by atoms with Crippen molar-refractivity contribution in [2.24, 2.45) is 0 Å². The van der Waals surface area contributed by atoms with Crippen LogP contribution in [0.3, 0.4) is 0 Å². The van der Waals surface area contributed by atoms with E-state index in [1.54, 1.807) is 0 Å². The molecule has 1 aliphatic rings. The number of nitrogens with zero attached hydrogens (tertiary/aromatic N) is 2. The highest BCUT2D eigenvalue weighted by Gasteiger charge is 2.35. The van der Waals surface area contributed by atoms with Crippen LogP contribution in [0.1, 0.15) is 50.5 Å². The van der Waals surface area contributed by atoms with Gasteiger partial charge >= 0.3 is 6.18 Å². The third-order valence-electron chi connectivity index (χ3n) is 3.51. The third-order valence-corrected chi connectivity index (χ3v) is 3.69. The molecule has 1 heterocycles. The molecule has 0 aromatic carbocycles. The second-order valence-electron chi connectivity index (χ2n) is 5.09. The topological polar surface area (TPSA) is 37.8 Å². The average Bonchev–Trinajstić information content (AvgIpc) is 2.31. The van der Waals surface area contributed by atoms with Gasteiger partial charge < -0.3 is 5.32 Å². The molecule has 1 N–H and O–H groups in total. The number of anilines is 1. The van der Waals surface area contributed by atoms with Crippen LogP contribution in [0, 0.1) is 0 Å². The van der Waals surface area contributed by atoms with E-state index in [9.17, 15) is 13.2 Å². The van der Waals surface area contributed by atoms with E-state index in [-0.39, 0.29) is 17.1 Å². The van der Waals surface area contributed by atoms with E-state index in [0.29, 0.717) is 0 Å². The molecule has 1 aromatic rings. The highest BCUT2D eigenvalue weighted by Crippen LogP contribution is 2.34. The van der Waals surface area contributed by atoms with Crippen molar-refractivity contribution in [3.05, 3.63) is 17.0 Å². The van der Waals surface area contributed by atoms with Gasteiger partial charge in [0, 0.05) is 12.2 Å².